The van der Waals surface area contributed by atoms with Gasteiger partial charge >= 0.3 is 0 Å². The average Bonchev–Trinajstić information content (AvgIpc) is 2.56. The fourth-order valence-electron chi connectivity index (χ4n) is 3.60. The molecule has 0 aliphatic carbocycles. The zero-order chi connectivity index (χ0) is 15.6. The van der Waals surface area contributed by atoms with Crippen LogP contribution in [0.15, 0.2) is 18.3 Å². The maximum atomic E-state index is 12.6. The summed E-state index contributed by atoms with van der Waals surface area (Å²) in [5.41, 5.74) is 1.18. The van der Waals surface area contributed by atoms with Gasteiger partial charge in [-0.05, 0) is 56.3 Å². The molecule has 0 atom stereocenters. The normalized spacial score (nSPS) is 20.9. The number of aromatic nitrogens is 1. The van der Waals surface area contributed by atoms with Crippen molar-refractivity contribution in [2.45, 2.75) is 25.7 Å². The molecule has 2 saturated heterocycles. The molecule has 1 aromatic rings. The summed E-state index contributed by atoms with van der Waals surface area (Å²) in [5, 5.41) is 3.44. The SMILES string of the molecule is CN(C)c1ccc(C(=O)N2CCC3(CCNCC3)CC2)cn1. The number of rotatable bonds is 2. The Balaban J connectivity index is 1.61. The van der Waals surface area contributed by atoms with Crippen LogP contribution >= 0.6 is 0 Å². The summed E-state index contributed by atoms with van der Waals surface area (Å²) >= 11 is 0. The third kappa shape index (κ3) is 3.09. The van der Waals surface area contributed by atoms with Crippen molar-refractivity contribution in [1.29, 1.82) is 0 Å². The Morgan fingerprint density at radius 1 is 1.18 bits per heavy atom. The van der Waals surface area contributed by atoms with Gasteiger partial charge in [0.1, 0.15) is 5.82 Å². The number of hydrogen-bond donors (Lipinski definition) is 1. The minimum atomic E-state index is 0.126. The summed E-state index contributed by atoms with van der Waals surface area (Å²) in [6, 6.07) is 3.80. The second-order valence-corrected chi connectivity index (χ2v) is 6.84. The molecule has 120 valence electrons. The Morgan fingerprint density at radius 2 is 1.86 bits per heavy atom. The van der Waals surface area contributed by atoms with Gasteiger partial charge in [0, 0.05) is 33.4 Å². The van der Waals surface area contributed by atoms with E-state index in [1.807, 2.05) is 36.0 Å². The van der Waals surface area contributed by atoms with Crippen molar-refractivity contribution >= 4 is 11.7 Å². The monoisotopic (exact) mass is 302 g/mol. The van der Waals surface area contributed by atoms with Crippen LogP contribution in [0.3, 0.4) is 0 Å². The third-order valence-corrected chi connectivity index (χ3v) is 5.23. The highest BCUT2D eigenvalue weighted by molar-refractivity contribution is 5.94. The molecule has 0 aromatic carbocycles. The molecular formula is C17H26N4O. The minimum Gasteiger partial charge on any atom is -0.363 e. The van der Waals surface area contributed by atoms with Crippen LogP contribution in [0.4, 0.5) is 5.82 Å². The Labute approximate surface area is 132 Å². The van der Waals surface area contributed by atoms with Crippen molar-refractivity contribution in [3.05, 3.63) is 23.9 Å². The first-order valence-corrected chi connectivity index (χ1v) is 8.23. The van der Waals surface area contributed by atoms with E-state index in [9.17, 15) is 4.79 Å². The van der Waals surface area contributed by atoms with E-state index in [0.29, 0.717) is 11.0 Å². The predicted octanol–water partition coefficient (Wildman–Crippen LogP) is 1.75. The molecule has 2 aliphatic rings. The fourth-order valence-corrected chi connectivity index (χ4v) is 3.60. The molecular weight excluding hydrogens is 276 g/mol. The quantitative estimate of drug-likeness (QED) is 0.904. The van der Waals surface area contributed by atoms with Crippen LogP contribution in [0.2, 0.25) is 0 Å². The fraction of sp³-hybridized carbons (Fsp3) is 0.647. The van der Waals surface area contributed by atoms with Gasteiger partial charge in [0.2, 0.25) is 0 Å². The van der Waals surface area contributed by atoms with E-state index in [2.05, 4.69) is 10.3 Å². The molecule has 5 nitrogen and oxygen atoms in total. The van der Waals surface area contributed by atoms with E-state index in [1.165, 1.54) is 12.8 Å². The number of pyridine rings is 1. The standard InChI is InChI=1S/C17H26N4O/c1-20(2)15-4-3-14(13-19-15)16(22)21-11-7-17(8-12-21)5-9-18-10-6-17/h3-4,13,18H,5-12H2,1-2H3. The number of piperidine rings is 2. The van der Waals surface area contributed by atoms with Gasteiger partial charge < -0.3 is 15.1 Å². The Bertz CT molecular complexity index is 510. The molecule has 2 aliphatic heterocycles. The molecule has 0 saturated carbocycles. The zero-order valence-electron chi connectivity index (χ0n) is 13.6. The van der Waals surface area contributed by atoms with Crippen LogP contribution < -0.4 is 10.2 Å². The topological polar surface area (TPSA) is 48.5 Å². The number of amides is 1. The minimum absolute atomic E-state index is 0.126. The van der Waals surface area contributed by atoms with Crippen LogP contribution in [0.1, 0.15) is 36.0 Å². The predicted molar refractivity (Wildman–Crippen MR) is 88.2 cm³/mol. The number of carbonyl (C=O) groups is 1. The highest BCUT2D eigenvalue weighted by Crippen LogP contribution is 2.39. The lowest BCUT2D eigenvalue weighted by atomic mass is 9.71. The van der Waals surface area contributed by atoms with Crippen molar-refractivity contribution in [2.75, 3.05) is 45.2 Å². The van der Waals surface area contributed by atoms with Crippen molar-refractivity contribution in [2.24, 2.45) is 5.41 Å². The molecule has 0 unspecified atom stereocenters. The third-order valence-electron chi connectivity index (χ3n) is 5.23. The zero-order valence-corrected chi connectivity index (χ0v) is 13.6. The van der Waals surface area contributed by atoms with E-state index >= 15 is 0 Å². The van der Waals surface area contributed by atoms with Gasteiger partial charge in [-0.25, -0.2) is 4.98 Å². The molecule has 3 rings (SSSR count). The molecule has 3 heterocycles. The molecule has 2 fully saturated rings. The van der Waals surface area contributed by atoms with Gasteiger partial charge in [-0.15, -0.1) is 0 Å². The maximum Gasteiger partial charge on any atom is 0.255 e. The number of anilines is 1. The number of carbonyl (C=O) groups excluding carboxylic acids is 1. The summed E-state index contributed by atoms with van der Waals surface area (Å²) in [4.78, 5) is 20.9. The van der Waals surface area contributed by atoms with Crippen LogP contribution in [-0.2, 0) is 0 Å². The van der Waals surface area contributed by atoms with Gasteiger partial charge in [-0.3, -0.25) is 4.79 Å². The molecule has 0 bridgehead atoms. The number of likely N-dealkylation sites (tertiary alicyclic amines) is 1. The lowest BCUT2D eigenvalue weighted by Crippen LogP contribution is -2.47. The first kappa shape index (κ1) is 15.3. The van der Waals surface area contributed by atoms with Gasteiger partial charge in [0.05, 0.1) is 5.56 Å². The molecule has 1 aromatic heterocycles. The number of hydrogen-bond acceptors (Lipinski definition) is 4. The second-order valence-electron chi connectivity index (χ2n) is 6.84. The van der Waals surface area contributed by atoms with Crippen LogP contribution in [0.25, 0.3) is 0 Å². The Morgan fingerprint density at radius 3 is 2.41 bits per heavy atom. The highest BCUT2D eigenvalue weighted by atomic mass is 16.2. The van der Waals surface area contributed by atoms with E-state index in [4.69, 9.17) is 0 Å². The van der Waals surface area contributed by atoms with Crippen LogP contribution in [-0.4, -0.2) is 56.1 Å². The Hall–Kier alpha value is -1.62. The number of nitrogens with zero attached hydrogens (tertiary/aromatic N) is 3. The number of nitrogens with one attached hydrogen (secondary N) is 1. The van der Waals surface area contributed by atoms with E-state index in [0.717, 1.165) is 44.8 Å². The van der Waals surface area contributed by atoms with Gasteiger partial charge in [0.25, 0.3) is 5.91 Å². The molecule has 0 radical (unpaired) electrons. The second kappa shape index (κ2) is 6.24. The molecule has 1 amide bonds. The van der Waals surface area contributed by atoms with E-state index in [-0.39, 0.29) is 5.91 Å². The van der Waals surface area contributed by atoms with Gasteiger partial charge in [0.15, 0.2) is 0 Å². The van der Waals surface area contributed by atoms with Gasteiger partial charge in [-0.2, -0.15) is 0 Å². The summed E-state index contributed by atoms with van der Waals surface area (Å²) in [6.07, 6.45) is 6.50. The van der Waals surface area contributed by atoms with Crippen molar-refractivity contribution in [3.63, 3.8) is 0 Å². The van der Waals surface area contributed by atoms with Crippen LogP contribution in [0, 0.1) is 5.41 Å². The average molecular weight is 302 g/mol. The molecule has 22 heavy (non-hydrogen) atoms. The van der Waals surface area contributed by atoms with Crippen molar-refractivity contribution in [1.82, 2.24) is 15.2 Å². The first-order valence-electron chi connectivity index (χ1n) is 8.23. The lowest BCUT2D eigenvalue weighted by molar-refractivity contribution is 0.0495. The molecule has 1 spiro atoms. The lowest BCUT2D eigenvalue weighted by Gasteiger charge is -2.44. The van der Waals surface area contributed by atoms with Crippen LogP contribution in [0.5, 0.6) is 0 Å². The summed E-state index contributed by atoms with van der Waals surface area (Å²) in [6.45, 7) is 4.02. The summed E-state index contributed by atoms with van der Waals surface area (Å²) in [5.74, 6) is 1.01. The molecule has 5 heteroatoms. The summed E-state index contributed by atoms with van der Waals surface area (Å²) < 4.78 is 0. The van der Waals surface area contributed by atoms with Crippen molar-refractivity contribution < 1.29 is 4.79 Å². The highest BCUT2D eigenvalue weighted by Gasteiger charge is 2.36. The van der Waals surface area contributed by atoms with E-state index in [1.54, 1.807) is 6.20 Å². The maximum absolute atomic E-state index is 12.6. The van der Waals surface area contributed by atoms with Gasteiger partial charge in [-0.1, -0.05) is 0 Å². The molecule has 1 N–H and O–H groups in total. The van der Waals surface area contributed by atoms with Crippen molar-refractivity contribution in [3.8, 4) is 0 Å². The first-order chi connectivity index (χ1) is 10.6. The van der Waals surface area contributed by atoms with E-state index < -0.39 is 0 Å². The Kier molecular flexibility index (Phi) is 4.34. The smallest absolute Gasteiger partial charge is 0.255 e. The largest absolute Gasteiger partial charge is 0.363 e. The summed E-state index contributed by atoms with van der Waals surface area (Å²) in [7, 11) is 3.90.